The van der Waals surface area contributed by atoms with Gasteiger partial charge in [-0.2, -0.15) is 0 Å². The lowest BCUT2D eigenvalue weighted by Gasteiger charge is -2.26. The predicted molar refractivity (Wildman–Crippen MR) is 136 cm³/mol. The fraction of sp³-hybridized carbons (Fsp3) is 0.250. The van der Waals surface area contributed by atoms with E-state index in [0.717, 1.165) is 11.1 Å². The van der Waals surface area contributed by atoms with Crippen LogP contribution in [0.15, 0.2) is 60.4 Å². The minimum Gasteiger partial charge on any atom is -0.507 e. The standard InChI is InChI=1S/C28H28N2O7/c1-16-11-18(8-9-20(16)34-2)25(31)23-24(19-12-21(35-3)27(37-5)22(13-19)36-4)30(28(33)26(23)32)15-17-7-6-10-29-14-17/h6-14,24,31H,15H2,1-5H3/b25-23+. The van der Waals surface area contributed by atoms with Crippen LogP contribution >= 0.6 is 0 Å². The summed E-state index contributed by atoms with van der Waals surface area (Å²) in [6.07, 6.45) is 3.25. The van der Waals surface area contributed by atoms with E-state index in [9.17, 15) is 14.7 Å². The van der Waals surface area contributed by atoms with Gasteiger partial charge in [-0.05, 0) is 60.0 Å². The number of aliphatic hydroxyl groups excluding tert-OH is 1. The molecule has 0 spiro atoms. The van der Waals surface area contributed by atoms with Crippen LogP contribution in [0, 0.1) is 6.92 Å². The monoisotopic (exact) mass is 504 g/mol. The molecule has 1 atom stereocenters. The Morgan fingerprint density at radius 1 is 0.946 bits per heavy atom. The molecule has 0 radical (unpaired) electrons. The summed E-state index contributed by atoms with van der Waals surface area (Å²) in [5.41, 5.74) is 2.33. The van der Waals surface area contributed by atoms with Gasteiger partial charge in [0.25, 0.3) is 11.7 Å². The van der Waals surface area contributed by atoms with Gasteiger partial charge in [-0.25, -0.2) is 0 Å². The van der Waals surface area contributed by atoms with Gasteiger partial charge in [0, 0.05) is 24.5 Å². The van der Waals surface area contributed by atoms with Crippen molar-refractivity contribution in [2.45, 2.75) is 19.5 Å². The van der Waals surface area contributed by atoms with Crippen molar-refractivity contribution >= 4 is 17.4 Å². The fourth-order valence-corrected chi connectivity index (χ4v) is 4.52. The molecule has 192 valence electrons. The molecule has 1 aromatic heterocycles. The molecule has 1 fully saturated rings. The van der Waals surface area contributed by atoms with Crippen LogP contribution in [0.2, 0.25) is 0 Å². The maximum atomic E-state index is 13.4. The smallest absolute Gasteiger partial charge is 0.295 e. The van der Waals surface area contributed by atoms with E-state index < -0.39 is 17.7 Å². The molecule has 0 aliphatic carbocycles. The average Bonchev–Trinajstić information content (AvgIpc) is 3.17. The number of pyridine rings is 1. The molecular weight excluding hydrogens is 476 g/mol. The Bertz CT molecular complexity index is 1340. The molecule has 2 aromatic carbocycles. The van der Waals surface area contributed by atoms with Gasteiger partial charge in [-0.15, -0.1) is 0 Å². The van der Waals surface area contributed by atoms with E-state index in [1.165, 1.54) is 26.2 Å². The van der Waals surface area contributed by atoms with E-state index >= 15 is 0 Å². The minimum atomic E-state index is -0.934. The van der Waals surface area contributed by atoms with Gasteiger partial charge in [0.1, 0.15) is 11.5 Å². The van der Waals surface area contributed by atoms with Crippen LogP contribution in [0.5, 0.6) is 23.0 Å². The molecule has 4 rings (SSSR count). The lowest BCUT2D eigenvalue weighted by molar-refractivity contribution is -0.140. The zero-order valence-corrected chi connectivity index (χ0v) is 21.3. The maximum Gasteiger partial charge on any atom is 0.295 e. The summed E-state index contributed by atoms with van der Waals surface area (Å²) in [7, 11) is 6.00. The summed E-state index contributed by atoms with van der Waals surface area (Å²) in [6.45, 7) is 1.92. The number of hydrogen-bond donors (Lipinski definition) is 1. The van der Waals surface area contributed by atoms with Gasteiger partial charge in [-0.3, -0.25) is 14.6 Å². The highest BCUT2D eigenvalue weighted by Gasteiger charge is 2.46. The second kappa shape index (κ2) is 10.6. The molecule has 1 saturated heterocycles. The third-order valence-corrected chi connectivity index (χ3v) is 6.29. The van der Waals surface area contributed by atoms with Crippen molar-refractivity contribution in [1.29, 1.82) is 0 Å². The van der Waals surface area contributed by atoms with Crippen LogP contribution in [-0.2, 0) is 16.1 Å². The van der Waals surface area contributed by atoms with Crippen LogP contribution in [0.25, 0.3) is 5.76 Å². The number of hydrogen-bond acceptors (Lipinski definition) is 8. The highest BCUT2D eigenvalue weighted by molar-refractivity contribution is 6.46. The predicted octanol–water partition coefficient (Wildman–Crippen LogP) is 4.05. The summed E-state index contributed by atoms with van der Waals surface area (Å²) in [5, 5.41) is 11.4. The third-order valence-electron chi connectivity index (χ3n) is 6.29. The van der Waals surface area contributed by atoms with E-state index in [1.807, 2.05) is 13.0 Å². The number of ether oxygens (including phenoxy) is 4. The summed E-state index contributed by atoms with van der Waals surface area (Å²) < 4.78 is 21.8. The third kappa shape index (κ3) is 4.67. The van der Waals surface area contributed by atoms with Crippen LogP contribution in [0.1, 0.15) is 28.3 Å². The number of nitrogens with zero attached hydrogens (tertiary/aromatic N) is 2. The number of aryl methyl sites for hydroxylation is 1. The molecule has 0 bridgehead atoms. The number of rotatable bonds is 8. The van der Waals surface area contributed by atoms with Gasteiger partial charge < -0.3 is 29.0 Å². The van der Waals surface area contributed by atoms with Gasteiger partial charge in [0.05, 0.1) is 40.1 Å². The minimum absolute atomic E-state index is 0.0484. The lowest BCUT2D eigenvalue weighted by Crippen LogP contribution is -2.29. The largest absolute Gasteiger partial charge is 0.507 e. The first kappa shape index (κ1) is 25.6. The number of Topliss-reactive ketones (excluding diaryl/α,β-unsaturated/α-hetero) is 1. The van der Waals surface area contributed by atoms with Crippen molar-refractivity contribution in [3.05, 3.63) is 82.7 Å². The van der Waals surface area contributed by atoms with Crippen molar-refractivity contribution < 1.29 is 33.6 Å². The van der Waals surface area contributed by atoms with Gasteiger partial charge in [-0.1, -0.05) is 6.07 Å². The van der Waals surface area contributed by atoms with Crippen molar-refractivity contribution in [3.63, 3.8) is 0 Å². The van der Waals surface area contributed by atoms with Gasteiger partial charge in [0.2, 0.25) is 5.75 Å². The fourth-order valence-electron chi connectivity index (χ4n) is 4.52. The number of carbonyl (C=O) groups is 2. The zero-order chi connectivity index (χ0) is 26.7. The van der Waals surface area contributed by atoms with Crippen molar-refractivity contribution in [3.8, 4) is 23.0 Å². The molecule has 9 heteroatoms. The number of carbonyl (C=O) groups excluding carboxylic acids is 2. The molecule has 1 unspecified atom stereocenters. The topological polar surface area (TPSA) is 107 Å². The normalized spacial score (nSPS) is 16.6. The number of methoxy groups -OCH3 is 4. The van der Waals surface area contributed by atoms with E-state index in [1.54, 1.807) is 55.9 Å². The van der Waals surface area contributed by atoms with Crippen LogP contribution in [-0.4, -0.2) is 55.1 Å². The number of likely N-dealkylation sites (tertiary alicyclic amines) is 1. The Kier molecular flexibility index (Phi) is 7.33. The van der Waals surface area contributed by atoms with Crippen LogP contribution < -0.4 is 18.9 Å². The maximum absolute atomic E-state index is 13.4. The van der Waals surface area contributed by atoms with Gasteiger partial charge >= 0.3 is 0 Å². The molecule has 3 aromatic rings. The van der Waals surface area contributed by atoms with Crippen molar-refractivity contribution in [2.75, 3.05) is 28.4 Å². The van der Waals surface area contributed by atoms with E-state index in [0.29, 0.717) is 34.1 Å². The van der Waals surface area contributed by atoms with Gasteiger partial charge in [0.15, 0.2) is 11.5 Å². The van der Waals surface area contributed by atoms with Crippen molar-refractivity contribution in [1.82, 2.24) is 9.88 Å². The number of amides is 1. The van der Waals surface area contributed by atoms with E-state index in [-0.39, 0.29) is 17.9 Å². The first-order chi connectivity index (χ1) is 17.8. The van der Waals surface area contributed by atoms with Crippen LogP contribution in [0.3, 0.4) is 0 Å². The van der Waals surface area contributed by atoms with Crippen molar-refractivity contribution in [2.24, 2.45) is 0 Å². The Balaban J connectivity index is 1.95. The Labute approximate surface area is 214 Å². The Morgan fingerprint density at radius 2 is 1.62 bits per heavy atom. The lowest BCUT2D eigenvalue weighted by atomic mass is 9.94. The second-order valence-electron chi connectivity index (χ2n) is 8.43. The molecule has 1 aliphatic heterocycles. The quantitative estimate of drug-likeness (QED) is 0.278. The molecule has 1 aliphatic rings. The highest BCUT2D eigenvalue weighted by atomic mass is 16.5. The van der Waals surface area contributed by atoms with E-state index in [2.05, 4.69) is 4.98 Å². The molecule has 1 amide bonds. The molecular formula is C28H28N2O7. The number of aliphatic hydroxyl groups is 1. The van der Waals surface area contributed by atoms with E-state index in [4.69, 9.17) is 18.9 Å². The molecule has 0 saturated carbocycles. The molecule has 1 N–H and O–H groups in total. The summed E-state index contributed by atoms with van der Waals surface area (Å²) >= 11 is 0. The highest BCUT2D eigenvalue weighted by Crippen LogP contribution is 2.46. The SMILES string of the molecule is COc1ccc(/C(O)=C2\C(=O)C(=O)N(Cc3cccnc3)C2c2cc(OC)c(OC)c(OC)c2)cc1C. The van der Waals surface area contributed by atoms with Crippen LogP contribution in [0.4, 0.5) is 0 Å². The first-order valence-electron chi connectivity index (χ1n) is 11.5. The molecule has 2 heterocycles. The Morgan fingerprint density at radius 3 is 2.16 bits per heavy atom. The summed E-state index contributed by atoms with van der Waals surface area (Å²) in [5.74, 6) is -0.133. The summed E-state index contributed by atoms with van der Waals surface area (Å²) in [6, 6.07) is 11.0. The molecule has 9 nitrogen and oxygen atoms in total. The summed E-state index contributed by atoms with van der Waals surface area (Å²) in [4.78, 5) is 32.3. The number of ketones is 1. The average molecular weight is 505 g/mol. The number of benzene rings is 2. The first-order valence-corrected chi connectivity index (χ1v) is 11.5. The second-order valence-corrected chi connectivity index (χ2v) is 8.43. The zero-order valence-electron chi connectivity index (χ0n) is 21.3. The Hall–Kier alpha value is -4.53. The number of aromatic nitrogens is 1. The molecule has 37 heavy (non-hydrogen) atoms.